The first-order valence-corrected chi connectivity index (χ1v) is 7.46. The topological polar surface area (TPSA) is 79.0 Å². The molecule has 6 nitrogen and oxygen atoms in total. The number of amides is 1. The maximum atomic E-state index is 12.6. The molecule has 1 aromatic heterocycles. The standard InChI is InChI=1S/C16H20N4O2/c1-10(2)12-9-14(20-19-12)18-16(21)15-11-5-3-4-6-13(11)22-8-7-17-15/h3-6,9-10,15,17H,7-8H2,1-2H3,(H2,18,19,20,21). The zero-order valence-electron chi connectivity index (χ0n) is 12.7. The predicted molar refractivity (Wildman–Crippen MR) is 84.0 cm³/mol. The lowest BCUT2D eigenvalue weighted by Crippen LogP contribution is -2.33. The maximum Gasteiger partial charge on any atom is 0.247 e. The summed E-state index contributed by atoms with van der Waals surface area (Å²) in [7, 11) is 0. The van der Waals surface area contributed by atoms with Crippen LogP contribution >= 0.6 is 0 Å². The number of para-hydroxylation sites is 1. The van der Waals surface area contributed by atoms with Crippen LogP contribution in [0.25, 0.3) is 0 Å². The first-order valence-electron chi connectivity index (χ1n) is 7.46. The van der Waals surface area contributed by atoms with Crippen LogP contribution in [0.2, 0.25) is 0 Å². The number of aromatic nitrogens is 2. The highest BCUT2D eigenvalue weighted by atomic mass is 16.5. The summed E-state index contributed by atoms with van der Waals surface area (Å²) in [4.78, 5) is 12.6. The number of hydrogen-bond donors (Lipinski definition) is 3. The molecule has 0 aliphatic carbocycles. The van der Waals surface area contributed by atoms with Gasteiger partial charge in [0, 0.05) is 23.9 Å². The molecular weight excluding hydrogens is 280 g/mol. The van der Waals surface area contributed by atoms with Gasteiger partial charge in [-0.2, -0.15) is 5.10 Å². The van der Waals surface area contributed by atoms with Gasteiger partial charge in [0.25, 0.3) is 0 Å². The molecule has 1 atom stereocenters. The molecule has 0 spiro atoms. The Bertz CT molecular complexity index is 666. The van der Waals surface area contributed by atoms with Gasteiger partial charge in [-0.1, -0.05) is 32.0 Å². The van der Waals surface area contributed by atoms with Crippen molar-refractivity contribution in [1.29, 1.82) is 0 Å². The molecule has 0 fully saturated rings. The zero-order valence-corrected chi connectivity index (χ0v) is 12.7. The van der Waals surface area contributed by atoms with Crippen molar-refractivity contribution in [3.8, 4) is 5.75 Å². The number of benzene rings is 1. The number of anilines is 1. The van der Waals surface area contributed by atoms with Crippen LogP contribution in [-0.2, 0) is 4.79 Å². The highest BCUT2D eigenvalue weighted by Gasteiger charge is 2.26. The van der Waals surface area contributed by atoms with E-state index in [0.717, 1.165) is 17.0 Å². The Morgan fingerprint density at radius 2 is 2.23 bits per heavy atom. The number of H-pyrrole nitrogens is 1. The number of carbonyl (C=O) groups excluding carboxylic acids is 1. The molecule has 6 heteroatoms. The average molecular weight is 300 g/mol. The lowest BCUT2D eigenvalue weighted by atomic mass is 10.1. The number of aromatic amines is 1. The largest absolute Gasteiger partial charge is 0.492 e. The van der Waals surface area contributed by atoms with Crippen LogP contribution < -0.4 is 15.4 Å². The molecule has 0 saturated carbocycles. The first kappa shape index (κ1) is 14.6. The summed E-state index contributed by atoms with van der Waals surface area (Å²) in [6.07, 6.45) is 0. The normalized spacial score (nSPS) is 17.5. The second kappa shape index (κ2) is 6.19. The van der Waals surface area contributed by atoms with E-state index in [0.29, 0.717) is 24.9 Å². The van der Waals surface area contributed by atoms with E-state index < -0.39 is 6.04 Å². The molecular formula is C16H20N4O2. The summed E-state index contributed by atoms with van der Waals surface area (Å²) in [5.74, 6) is 1.48. The maximum absolute atomic E-state index is 12.6. The molecule has 1 aliphatic heterocycles. The summed E-state index contributed by atoms with van der Waals surface area (Å²) in [5.41, 5.74) is 1.84. The molecule has 0 bridgehead atoms. The van der Waals surface area contributed by atoms with E-state index in [9.17, 15) is 4.79 Å². The highest BCUT2D eigenvalue weighted by molar-refractivity contribution is 5.95. The van der Waals surface area contributed by atoms with Crippen molar-refractivity contribution in [2.45, 2.75) is 25.8 Å². The average Bonchev–Trinajstić information content (AvgIpc) is 2.86. The summed E-state index contributed by atoms with van der Waals surface area (Å²) >= 11 is 0. The Hall–Kier alpha value is -2.34. The SMILES string of the molecule is CC(C)c1cc(NC(=O)C2NCCOc3ccccc32)n[nH]1. The molecule has 0 saturated heterocycles. The van der Waals surface area contributed by atoms with Crippen molar-refractivity contribution in [3.63, 3.8) is 0 Å². The Labute approximate surface area is 129 Å². The molecule has 3 rings (SSSR count). The van der Waals surface area contributed by atoms with Crippen molar-refractivity contribution in [2.75, 3.05) is 18.5 Å². The van der Waals surface area contributed by atoms with E-state index in [1.807, 2.05) is 30.3 Å². The van der Waals surface area contributed by atoms with Gasteiger partial charge in [0.05, 0.1) is 0 Å². The third-order valence-corrected chi connectivity index (χ3v) is 3.67. The van der Waals surface area contributed by atoms with E-state index in [2.05, 4.69) is 34.7 Å². The molecule has 2 heterocycles. The Morgan fingerprint density at radius 1 is 1.41 bits per heavy atom. The first-order chi connectivity index (χ1) is 10.6. The van der Waals surface area contributed by atoms with Gasteiger partial charge in [0.1, 0.15) is 18.4 Å². The van der Waals surface area contributed by atoms with Crippen LogP contribution in [0.4, 0.5) is 5.82 Å². The second-order valence-corrected chi connectivity index (χ2v) is 5.63. The number of carbonyl (C=O) groups is 1. The van der Waals surface area contributed by atoms with Crippen LogP contribution in [-0.4, -0.2) is 29.3 Å². The second-order valence-electron chi connectivity index (χ2n) is 5.63. The van der Waals surface area contributed by atoms with Crippen molar-refractivity contribution in [2.24, 2.45) is 0 Å². The van der Waals surface area contributed by atoms with Gasteiger partial charge >= 0.3 is 0 Å². The fourth-order valence-electron chi connectivity index (χ4n) is 2.45. The molecule has 1 aliphatic rings. The number of nitrogens with one attached hydrogen (secondary N) is 3. The van der Waals surface area contributed by atoms with Crippen LogP contribution in [0.5, 0.6) is 5.75 Å². The summed E-state index contributed by atoms with van der Waals surface area (Å²) < 4.78 is 5.65. The smallest absolute Gasteiger partial charge is 0.247 e. The van der Waals surface area contributed by atoms with Gasteiger partial charge in [-0.25, -0.2) is 0 Å². The van der Waals surface area contributed by atoms with E-state index in [-0.39, 0.29) is 5.91 Å². The van der Waals surface area contributed by atoms with E-state index in [1.165, 1.54) is 0 Å². The number of rotatable bonds is 3. The minimum absolute atomic E-state index is 0.139. The van der Waals surface area contributed by atoms with Crippen LogP contribution in [0.3, 0.4) is 0 Å². The Morgan fingerprint density at radius 3 is 3.00 bits per heavy atom. The van der Waals surface area contributed by atoms with E-state index in [1.54, 1.807) is 0 Å². The quantitative estimate of drug-likeness (QED) is 0.812. The minimum Gasteiger partial charge on any atom is -0.492 e. The molecule has 1 aromatic carbocycles. The summed E-state index contributed by atoms with van der Waals surface area (Å²) in [6, 6.07) is 9.01. The van der Waals surface area contributed by atoms with Gasteiger partial charge in [0.2, 0.25) is 5.91 Å². The third-order valence-electron chi connectivity index (χ3n) is 3.67. The van der Waals surface area contributed by atoms with E-state index in [4.69, 9.17) is 4.74 Å². The third kappa shape index (κ3) is 2.96. The van der Waals surface area contributed by atoms with Gasteiger partial charge in [-0.05, 0) is 12.0 Å². The summed E-state index contributed by atoms with van der Waals surface area (Å²) in [5, 5.41) is 13.1. The number of nitrogens with zero attached hydrogens (tertiary/aromatic N) is 1. The molecule has 116 valence electrons. The molecule has 3 N–H and O–H groups in total. The lowest BCUT2D eigenvalue weighted by Gasteiger charge is -2.16. The van der Waals surface area contributed by atoms with Gasteiger partial charge in [-0.3, -0.25) is 15.2 Å². The molecule has 1 amide bonds. The van der Waals surface area contributed by atoms with Crippen molar-refractivity contribution in [1.82, 2.24) is 15.5 Å². The zero-order chi connectivity index (χ0) is 15.5. The van der Waals surface area contributed by atoms with Gasteiger partial charge in [0.15, 0.2) is 5.82 Å². The molecule has 0 radical (unpaired) electrons. The predicted octanol–water partition coefficient (Wildman–Crippen LogP) is 2.19. The van der Waals surface area contributed by atoms with Crippen molar-refractivity contribution in [3.05, 3.63) is 41.6 Å². The van der Waals surface area contributed by atoms with E-state index >= 15 is 0 Å². The number of ether oxygens (including phenoxy) is 1. The molecule has 2 aromatic rings. The van der Waals surface area contributed by atoms with Crippen molar-refractivity contribution < 1.29 is 9.53 Å². The van der Waals surface area contributed by atoms with Crippen LogP contribution in [0.1, 0.15) is 37.1 Å². The minimum atomic E-state index is -0.446. The highest BCUT2D eigenvalue weighted by Crippen LogP contribution is 2.27. The number of hydrogen-bond acceptors (Lipinski definition) is 4. The fourth-order valence-corrected chi connectivity index (χ4v) is 2.45. The number of fused-ring (bicyclic) bond motifs is 1. The van der Waals surface area contributed by atoms with Crippen molar-refractivity contribution >= 4 is 11.7 Å². The Kier molecular flexibility index (Phi) is 4.11. The van der Waals surface area contributed by atoms with Gasteiger partial charge in [-0.15, -0.1) is 0 Å². The van der Waals surface area contributed by atoms with Crippen LogP contribution in [0, 0.1) is 0 Å². The van der Waals surface area contributed by atoms with Crippen LogP contribution in [0.15, 0.2) is 30.3 Å². The monoisotopic (exact) mass is 300 g/mol. The van der Waals surface area contributed by atoms with Gasteiger partial charge < -0.3 is 10.1 Å². The molecule has 22 heavy (non-hydrogen) atoms. The molecule has 1 unspecified atom stereocenters. The lowest BCUT2D eigenvalue weighted by molar-refractivity contribution is -0.118. The summed E-state index contributed by atoms with van der Waals surface area (Å²) in [6.45, 7) is 5.30. The Balaban J connectivity index is 1.79. The fraction of sp³-hybridized carbons (Fsp3) is 0.375.